The van der Waals surface area contributed by atoms with E-state index in [1.807, 2.05) is 33.1 Å². The quantitative estimate of drug-likeness (QED) is 0.448. The van der Waals surface area contributed by atoms with E-state index in [-0.39, 0.29) is 23.9 Å². The maximum atomic E-state index is 13.3. The van der Waals surface area contributed by atoms with Crippen molar-refractivity contribution in [3.63, 3.8) is 0 Å². The third kappa shape index (κ3) is 6.77. The van der Waals surface area contributed by atoms with E-state index >= 15 is 0 Å². The van der Waals surface area contributed by atoms with Crippen molar-refractivity contribution in [1.82, 2.24) is 25.1 Å². The summed E-state index contributed by atoms with van der Waals surface area (Å²) in [5.74, 6) is -0.258. The Kier molecular flexibility index (Phi) is 8.15. The lowest BCUT2D eigenvalue weighted by molar-refractivity contribution is -0.00640. The number of benzene rings is 1. The number of nitrogens with zero attached hydrogens (tertiary/aromatic N) is 4. The Morgan fingerprint density at radius 2 is 2.00 bits per heavy atom. The first kappa shape index (κ1) is 27.3. The number of oxazole rings is 1. The molecule has 1 unspecified atom stereocenters. The van der Waals surface area contributed by atoms with Crippen LogP contribution in [-0.4, -0.2) is 69.5 Å². The molecule has 0 spiro atoms. The number of thiazole rings is 1. The first-order chi connectivity index (χ1) is 18.0. The predicted molar refractivity (Wildman–Crippen MR) is 143 cm³/mol. The molecular formula is C27H33N5O5S. The Bertz CT molecular complexity index is 1300. The summed E-state index contributed by atoms with van der Waals surface area (Å²) < 4.78 is 10.9. The summed E-state index contributed by atoms with van der Waals surface area (Å²) in [7, 11) is 1.70. The normalized spacial score (nSPS) is 15.1. The minimum Gasteiger partial charge on any atom is -0.445 e. The van der Waals surface area contributed by atoms with Gasteiger partial charge < -0.3 is 24.3 Å². The monoisotopic (exact) mass is 539 g/mol. The van der Waals surface area contributed by atoms with Crippen molar-refractivity contribution in [3.05, 3.63) is 57.9 Å². The summed E-state index contributed by atoms with van der Waals surface area (Å²) in [4.78, 5) is 50.6. The van der Waals surface area contributed by atoms with Gasteiger partial charge in [-0.3, -0.25) is 9.59 Å². The number of carbonyl (C=O) groups excluding carboxylic acids is 3. The zero-order valence-corrected chi connectivity index (χ0v) is 23.1. The molecule has 3 amide bonds. The van der Waals surface area contributed by atoms with E-state index in [4.69, 9.17) is 9.15 Å². The molecule has 1 atom stereocenters. The summed E-state index contributed by atoms with van der Waals surface area (Å²) in [5.41, 5.74) is 1.55. The molecule has 1 aliphatic rings. The lowest BCUT2D eigenvalue weighted by Gasteiger charge is -2.41. The van der Waals surface area contributed by atoms with Gasteiger partial charge in [0.2, 0.25) is 5.89 Å². The Morgan fingerprint density at radius 3 is 2.61 bits per heavy atom. The van der Waals surface area contributed by atoms with Crippen LogP contribution >= 0.6 is 11.3 Å². The average Bonchev–Trinajstić information content (AvgIpc) is 3.51. The van der Waals surface area contributed by atoms with Crippen molar-refractivity contribution in [2.45, 2.75) is 58.7 Å². The fourth-order valence-corrected chi connectivity index (χ4v) is 4.92. The third-order valence-corrected chi connectivity index (χ3v) is 6.99. The maximum Gasteiger partial charge on any atom is 0.410 e. The highest BCUT2D eigenvalue weighted by molar-refractivity contribution is 7.09. The van der Waals surface area contributed by atoms with Crippen LogP contribution in [0.4, 0.5) is 4.79 Å². The van der Waals surface area contributed by atoms with E-state index in [0.717, 1.165) is 17.1 Å². The number of rotatable bonds is 8. The summed E-state index contributed by atoms with van der Waals surface area (Å²) in [6.07, 6.45) is 4.08. The van der Waals surface area contributed by atoms with Crippen LogP contribution in [0, 0.1) is 6.92 Å². The number of likely N-dealkylation sites (tertiary alicyclic amines) is 1. The third-order valence-electron chi connectivity index (χ3n) is 6.04. The fraction of sp³-hybridized carbons (Fsp3) is 0.444. The smallest absolute Gasteiger partial charge is 0.410 e. The highest BCUT2D eigenvalue weighted by atomic mass is 32.1. The molecule has 0 radical (unpaired) electrons. The van der Waals surface area contributed by atoms with E-state index in [2.05, 4.69) is 15.3 Å². The Morgan fingerprint density at radius 1 is 1.24 bits per heavy atom. The van der Waals surface area contributed by atoms with Gasteiger partial charge in [0.25, 0.3) is 11.8 Å². The van der Waals surface area contributed by atoms with Crippen LogP contribution in [0.3, 0.4) is 0 Å². The highest BCUT2D eigenvalue weighted by Crippen LogP contribution is 2.25. The Hall–Kier alpha value is -3.73. The summed E-state index contributed by atoms with van der Waals surface area (Å²) in [5, 5.41) is 5.68. The maximum absolute atomic E-state index is 13.3. The Balaban J connectivity index is 1.43. The molecule has 202 valence electrons. The SMILES string of the molecule is Cc1csc(CN(C)C(=O)c2cc(C(=O)NCCC3CCN3C(=O)OC(C)(C)C)cc(-c3ncco3)c2)n1. The minimum absolute atomic E-state index is 0.0177. The summed E-state index contributed by atoms with van der Waals surface area (Å²) in [6, 6.07) is 4.91. The zero-order chi connectivity index (χ0) is 27.4. The standard InChI is InChI=1S/C27H33N5O5S/c1-17-16-38-22(30-17)15-31(5)25(34)20-13-18(12-19(14-20)24-29-9-11-36-24)23(33)28-8-6-21-7-10-32(21)26(35)37-27(2,3)4/h9,11-14,16,21H,6-8,10,15H2,1-5H3,(H,28,33). The molecule has 10 nitrogen and oxygen atoms in total. The molecule has 38 heavy (non-hydrogen) atoms. The van der Waals surface area contributed by atoms with Crippen molar-refractivity contribution in [2.75, 3.05) is 20.1 Å². The van der Waals surface area contributed by atoms with Crippen LogP contribution in [0.5, 0.6) is 0 Å². The number of hydrogen-bond acceptors (Lipinski definition) is 8. The van der Waals surface area contributed by atoms with Gasteiger partial charge in [0.15, 0.2) is 0 Å². The minimum atomic E-state index is -0.554. The second kappa shape index (κ2) is 11.3. The second-order valence-corrected chi connectivity index (χ2v) is 11.3. The van der Waals surface area contributed by atoms with Crippen molar-refractivity contribution in [2.24, 2.45) is 0 Å². The number of ether oxygens (including phenoxy) is 1. The zero-order valence-electron chi connectivity index (χ0n) is 22.3. The largest absolute Gasteiger partial charge is 0.445 e. The van der Waals surface area contributed by atoms with Gasteiger partial charge in [-0.25, -0.2) is 14.8 Å². The van der Waals surface area contributed by atoms with Crippen LogP contribution in [-0.2, 0) is 11.3 Å². The number of hydrogen-bond donors (Lipinski definition) is 1. The highest BCUT2D eigenvalue weighted by Gasteiger charge is 2.34. The van der Waals surface area contributed by atoms with Crippen LogP contribution in [0.25, 0.3) is 11.5 Å². The van der Waals surface area contributed by atoms with Crippen molar-refractivity contribution < 1.29 is 23.5 Å². The van der Waals surface area contributed by atoms with Crippen molar-refractivity contribution in [1.29, 1.82) is 0 Å². The predicted octanol–water partition coefficient (Wildman–Crippen LogP) is 4.51. The van der Waals surface area contributed by atoms with Crippen molar-refractivity contribution in [3.8, 4) is 11.5 Å². The van der Waals surface area contributed by atoms with Gasteiger partial charge in [0, 0.05) is 53.9 Å². The van der Waals surface area contributed by atoms with Gasteiger partial charge in [-0.15, -0.1) is 11.3 Å². The van der Waals surface area contributed by atoms with Crippen molar-refractivity contribution >= 4 is 29.2 Å². The van der Waals surface area contributed by atoms with Gasteiger partial charge in [0.1, 0.15) is 16.9 Å². The van der Waals surface area contributed by atoms with Gasteiger partial charge in [0.05, 0.1) is 12.7 Å². The number of amides is 3. The molecule has 11 heteroatoms. The van der Waals surface area contributed by atoms with Gasteiger partial charge in [-0.05, 0) is 58.7 Å². The lowest BCUT2D eigenvalue weighted by Crippen LogP contribution is -2.53. The molecule has 4 rings (SSSR count). The van der Waals surface area contributed by atoms with E-state index < -0.39 is 5.60 Å². The molecular weight excluding hydrogens is 506 g/mol. The molecule has 1 aromatic carbocycles. The van der Waals surface area contributed by atoms with Gasteiger partial charge in [-0.1, -0.05) is 0 Å². The second-order valence-electron chi connectivity index (χ2n) is 10.3. The Labute approximate surface area is 226 Å². The molecule has 0 bridgehead atoms. The average molecular weight is 540 g/mol. The first-order valence-electron chi connectivity index (χ1n) is 12.5. The number of aromatic nitrogens is 2. The molecule has 0 aliphatic carbocycles. The fourth-order valence-electron chi connectivity index (χ4n) is 4.10. The first-order valence-corrected chi connectivity index (χ1v) is 13.4. The van der Waals surface area contributed by atoms with Crippen LogP contribution in [0.2, 0.25) is 0 Å². The van der Waals surface area contributed by atoms with Crippen LogP contribution < -0.4 is 5.32 Å². The van der Waals surface area contributed by atoms with E-state index in [0.29, 0.717) is 48.6 Å². The number of aryl methyl sites for hydroxylation is 1. The van der Waals surface area contributed by atoms with Crippen LogP contribution in [0.1, 0.15) is 65.0 Å². The summed E-state index contributed by atoms with van der Waals surface area (Å²) >= 11 is 1.50. The topological polar surface area (TPSA) is 118 Å². The lowest BCUT2D eigenvalue weighted by atomic mass is 10.00. The molecule has 2 aromatic heterocycles. The number of carbonyl (C=O) groups is 3. The van der Waals surface area contributed by atoms with Gasteiger partial charge >= 0.3 is 6.09 Å². The van der Waals surface area contributed by atoms with E-state index in [9.17, 15) is 14.4 Å². The number of nitrogens with one attached hydrogen (secondary N) is 1. The molecule has 1 N–H and O–H groups in total. The summed E-state index contributed by atoms with van der Waals surface area (Å²) in [6.45, 7) is 8.79. The van der Waals surface area contributed by atoms with Gasteiger partial charge in [-0.2, -0.15) is 0 Å². The van der Waals surface area contributed by atoms with E-state index in [1.54, 1.807) is 35.0 Å². The molecule has 1 aliphatic heterocycles. The molecule has 1 fully saturated rings. The molecule has 1 saturated heterocycles. The van der Waals surface area contributed by atoms with E-state index in [1.165, 1.54) is 23.8 Å². The molecule has 3 heterocycles. The molecule has 0 saturated carbocycles. The molecule has 3 aromatic rings. The van der Waals surface area contributed by atoms with Crippen LogP contribution in [0.15, 0.2) is 40.5 Å².